The highest BCUT2D eigenvalue weighted by molar-refractivity contribution is 8.01. The molecule has 1 fully saturated rings. The molecule has 0 spiro atoms. The average Bonchev–Trinajstić information content (AvgIpc) is 3.18. The molecule has 0 unspecified atom stereocenters. The second-order valence-corrected chi connectivity index (χ2v) is 8.03. The standard InChI is InChI=1S/C15H21N5OS2/c1-10-17-13(12-4-6-21-9-12)8-14(18-10)16-5-3-7-22-15-20-19-11(2)23-15/h8,12H,3-7,9H2,1-2H3,(H,16,17,18)/t12-/m1/s1. The summed E-state index contributed by atoms with van der Waals surface area (Å²) in [7, 11) is 0. The molecule has 1 saturated heterocycles. The van der Waals surface area contributed by atoms with E-state index in [-0.39, 0.29) is 0 Å². The maximum absolute atomic E-state index is 5.45. The zero-order valence-corrected chi connectivity index (χ0v) is 15.0. The van der Waals surface area contributed by atoms with Crippen LogP contribution in [0.1, 0.15) is 35.3 Å². The van der Waals surface area contributed by atoms with E-state index in [1.165, 1.54) is 0 Å². The number of nitrogens with zero attached hydrogens (tertiary/aromatic N) is 4. The van der Waals surface area contributed by atoms with E-state index in [2.05, 4.69) is 31.5 Å². The maximum atomic E-state index is 5.45. The Morgan fingerprint density at radius 1 is 1.35 bits per heavy atom. The van der Waals surface area contributed by atoms with Gasteiger partial charge in [-0.15, -0.1) is 10.2 Å². The minimum Gasteiger partial charge on any atom is -0.381 e. The van der Waals surface area contributed by atoms with Crippen LogP contribution in [-0.4, -0.2) is 45.7 Å². The van der Waals surface area contributed by atoms with Crippen molar-refractivity contribution in [2.45, 2.75) is 36.9 Å². The van der Waals surface area contributed by atoms with Crippen molar-refractivity contribution in [3.05, 3.63) is 22.6 Å². The first-order chi connectivity index (χ1) is 11.2. The SMILES string of the molecule is Cc1nc(NCCCSc2nnc(C)s2)cc([C@@H]2CCOC2)n1. The highest BCUT2D eigenvalue weighted by Crippen LogP contribution is 2.25. The fourth-order valence-electron chi connectivity index (χ4n) is 2.44. The largest absolute Gasteiger partial charge is 0.381 e. The lowest BCUT2D eigenvalue weighted by Crippen LogP contribution is -2.09. The van der Waals surface area contributed by atoms with Gasteiger partial charge in [-0.2, -0.15) is 0 Å². The summed E-state index contributed by atoms with van der Waals surface area (Å²) in [6.07, 6.45) is 2.10. The quantitative estimate of drug-likeness (QED) is 0.607. The van der Waals surface area contributed by atoms with Crippen LogP contribution in [0.15, 0.2) is 10.4 Å². The van der Waals surface area contributed by atoms with Crippen LogP contribution in [0.3, 0.4) is 0 Å². The Labute approximate surface area is 144 Å². The second kappa shape index (κ2) is 8.03. The van der Waals surface area contributed by atoms with E-state index in [0.29, 0.717) is 5.92 Å². The van der Waals surface area contributed by atoms with Gasteiger partial charge >= 0.3 is 0 Å². The molecule has 1 N–H and O–H groups in total. The van der Waals surface area contributed by atoms with Crippen LogP contribution in [0.4, 0.5) is 5.82 Å². The van der Waals surface area contributed by atoms with Gasteiger partial charge in [0.2, 0.25) is 0 Å². The monoisotopic (exact) mass is 351 g/mol. The summed E-state index contributed by atoms with van der Waals surface area (Å²) in [5.41, 5.74) is 1.09. The van der Waals surface area contributed by atoms with Crippen LogP contribution in [0.25, 0.3) is 0 Å². The minimum atomic E-state index is 0.411. The Morgan fingerprint density at radius 2 is 2.26 bits per heavy atom. The number of aromatic nitrogens is 4. The van der Waals surface area contributed by atoms with Gasteiger partial charge < -0.3 is 10.1 Å². The summed E-state index contributed by atoms with van der Waals surface area (Å²) < 4.78 is 6.50. The second-order valence-electron chi connectivity index (χ2n) is 5.50. The van der Waals surface area contributed by atoms with Gasteiger partial charge in [0.1, 0.15) is 16.6 Å². The minimum absolute atomic E-state index is 0.411. The molecule has 0 aromatic carbocycles. The molecule has 0 amide bonds. The molecule has 0 radical (unpaired) electrons. The maximum Gasteiger partial charge on any atom is 0.174 e. The summed E-state index contributed by atoms with van der Waals surface area (Å²) in [5.74, 6) is 3.16. The van der Waals surface area contributed by atoms with Crippen molar-refractivity contribution in [2.75, 3.05) is 30.8 Å². The van der Waals surface area contributed by atoms with Gasteiger partial charge in [-0.05, 0) is 26.7 Å². The molecule has 0 saturated carbocycles. The molecule has 1 aliphatic rings. The van der Waals surface area contributed by atoms with Crippen molar-refractivity contribution in [1.82, 2.24) is 20.2 Å². The van der Waals surface area contributed by atoms with E-state index in [0.717, 1.165) is 65.0 Å². The van der Waals surface area contributed by atoms with Gasteiger partial charge in [-0.1, -0.05) is 23.1 Å². The van der Waals surface area contributed by atoms with Crippen LogP contribution >= 0.6 is 23.1 Å². The topological polar surface area (TPSA) is 72.8 Å². The Kier molecular flexibility index (Phi) is 5.80. The predicted molar refractivity (Wildman–Crippen MR) is 93.4 cm³/mol. The Balaban J connectivity index is 1.46. The van der Waals surface area contributed by atoms with Crippen LogP contribution in [0.2, 0.25) is 0 Å². The van der Waals surface area contributed by atoms with Crippen molar-refractivity contribution >= 4 is 28.9 Å². The van der Waals surface area contributed by atoms with Gasteiger partial charge in [0, 0.05) is 30.9 Å². The normalized spacial score (nSPS) is 17.6. The summed E-state index contributed by atoms with van der Waals surface area (Å²) in [6, 6.07) is 2.06. The molecule has 3 heterocycles. The number of hydrogen-bond acceptors (Lipinski definition) is 8. The predicted octanol–water partition coefficient (Wildman–Crippen LogP) is 3.04. The molecule has 0 bridgehead atoms. The number of rotatable bonds is 7. The van der Waals surface area contributed by atoms with Crippen LogP contribution in [-0.2, 0) is 4.74 Å². The Hall–Kier alpha value is -1.25. The van der Waals surface area contributed by atoms with Gasteiger partial charge in [-0.3, -0.25) is 0 Å². The van der Waals surface area contributed by atoms with E-state index in [9.17, 15) is 0 Å². The first kappa shape index (κ1) is 16.6. The molecule has 2 aromatic heterocycles. The Morgan fingerprint density at radius 3 is 3.00 bits per heavy atom. The Bertz CT molecular complexity index is 643. The molecule has 23 heavy (non-hydrogen) atoms. The third-order valence-corrected chi connectivity index (χ3v) is 5.62. The molecule has 1 aliphatic heterocycles. The highest BCUT2D eigenvalue weighted by atomic mass is 32.2. The molecule has 3 rings (SSSR count). The zero-order valence-electron chi connectivity index (χ0n) is 13.4. The van der Waals surface area contributed by atoms with Gasteiger partial charge in [0.25, 0.3) is 0 Å². The lowest BCUT2D eigenvalue weighted by atomic mass is 10.0. The van der Waals surface area contributed by atoms with Crippen molar-refractivity contribution in [1.29, 1.82) is 0 Å². The van der Waals surface area contributed by atoms with E-state index in [1.807, 2.05) is 13.8 Å². The van der Waals surface area contributed by atoms with Crippen molar-refractivity contribution in [3.8, 4) is 0 Å². The van der Waals surface area contributed by atoms with Gasteiger partial charge in [-0.25, -0.2) is 9.97 Å². The van der Waals surface area contributed by atoms with E-state index < -0.39 is 0 Å². The van der Waals surface area contributed by atoms with Crippen molar-refractivity contribution in [2.24, 2.45) is 0 Å². The smallest absolute Gasteiger partial charge is 0.174 e. The third-order valence-electron chi connectivity index (χ3n) is 3.57. The number of aryl methyl sites for hydroxylation is 2. The lowest BCUT2D eigenvalue weighted by Gasteiger charge is -2.11. The van der Waals surface area contributed by atoms with Crippen molar-refractivity contribution < 1.29 is 4.74 Å². The molecular weight excluding hydrogens is 330 g/mol. The lowest BCUT2D eigenvalue weighted by molar-refractivity contribution is 0.193. The fourth-order valence-corrected chi connectivity index (χ4v) is 4.27. The number of ether oxygens (including phenoxy) is 1. The van der Waals surface area contributed by atoms with E-state index >= 15 is 0 Å². The third kappa shape index (κ3) is 4.86. The van der Waals surface area contributed by atoms with Crippen LogP contribution in [0.5, 0.6) is 0 Å². The van der Waals surface area contributed by atoms with E-state index in [4.69, 9.17) is 4.74 Å². The number of thioether (sulfide) groups is 1. The van der Waals surface area contributed by atoms with Gasteiger partial charge in [0.15, 0.2) is 4.34 Å². The summed E-state index contributed by atoms with van der Waals surface area (Å²) in [6.45, 7) is 6.42. The number of hydrogen-bond donors (Lipinski definition) is 1. The zero-order chi connectivity index (χ0) is 16.1. The first-order valence-electron chi connectivity index (χ1n) is 7.81. The average molecular weight is 352 g/mol. The van der Waals surface area contributed by atoms with Gasteiger partial charge in [0.05, 0.1) is 12.3 Å². The fraction of sp³-hybridized carbons (Fsp3) is 0.600. The number of nitrogens with one attached hydrogen (secondary N) is 1. The number of anilines is 1. The molecule has 1 atom stereocenters. The summed E-state index contributed by atoms with van der Waals surface area (Å²) in [5, 5.41) is 12.6. The van der Waals surface area contributed by atoms with Crippen molar-refractivity contribution in [3.63, 3.8) is 0 Å². The van der Waals surface area contributed by atoms with E-state index in [1.54, 1.807) is 23.1 Å². The summed E-state index contributed by atoms with van der Waals surface area (Å²) >= 11 is 3.41. The highest BCUT2D eigenvalue weighted by Gasteiger charge is 2.20. The first-order valence-corrected chi connectivity index (χ1v) is 9.61. The molecule has 8 heteroatoms. The molecule has 2 aromatic rings. The molecular formula is C15H21N5OS2. The van der Waals surface area contributed by atoms with Crippen LogP contribution < -0.4 is 5.32 Å². The summed E-state index contributed by atoms with van der Waals surface area (Å²) in [4.78, 5) is 9.03. The molecule has 124 valence electrons. The van der Waals surface area contributed by atoms with Crippen LogP contribution in [0, 0.1) is 13.8 Å². The molecule has 6 nitrogen and oxygen atoms in total. The molecule has 0 aliphatic carbocycles.